The van der Waals surface area contributed by atoms with Gasteiger partial charge in [-0.1, -0.05) is 0 Å². The number of hydrogen-bond acceptors (Lipinski definition) is 5. The minimum Gasteiger partial charge on any atom is -0.398 e. The Bertz CT molecular complexity index is 487. The molecule has 0 spiro atoms. The molecule has 5 nitrogen and oxygen atoms in total. The fourth-order valence-electron chi connectivity index (χ4n) is 2.06. The molecular weight excluding hydrogens is 226 g/mol. The van der Waals surface area contributed by atoms with Crippen molar-refractivity contribution in [3.63, 3.8) is 0 Å². The summed E-state index contributed by atoms with van der Waals surface area (Å²) in [6, 6.07) is 1.34. The molecule has 2 heterocycles. The molecular formula is C10H15N3O2S. The molecule has 2 unspecified atom stereocenters. The van der Waals surface area contributed by atoms with Crippen molar-refractivity contribution in [3.05, 3.63) is 24.0 Å². The van der Waals surface area contributed by atoms with Gasteiger partial charge < -0.3 is 11.5 Å². The van der Waals surface area contributed by atoms with Gasteiger partial charge in [-0.2, -0.15) is 0 Å². The van der Waals surface area contributed by atoms with E-state index in [9.17, 15) is 8.42 Å². The van der Waals surface area contributed by atoms with Gasteiger partial charge >= 0.3 is 0 Å². The first-order valence-electron chi connectivity index (χ1n) is 5.15. The third kappa shape index (κ3) is 2.17. The lowest BCUT2D eigenvalue weighted by atomic mass is 9.93. The van der Waals surface area contributed by atoms with Gasteiger partial charge in [0.1, 0.15) is 0 Å². The normalized spacial score (nSPS) is 25.4. The summed E-state index contributed by atoms with van der Waals surface area (Å²) in [7, 11) is -2.90. The summed E-state index contributed by atoms with van der Waals surface area (Å²) in [5.41, 5.74) is 13.1. The zero-order valence-corrected chi connectivity index (χ0v) is 9.65. The zero-order valence-electron chi connectivity index (χ0n) is 8.83. The molecule has 1 aliphatic heterocycles. The third-order valence-corrected chi connectivity index (χ3v) is 4.82. The topological polar surface area (TPSA) is 99.1 Å². The van der Waals surface area contributed by atoms with E-state index in [1.54, 1.807) is 18.5 Å². The van der Waals surface area contributed by atoms with Crippen LogP contribution in [0.15, 0.2) is 18.5 Å². The predicted molar refractivity (Wildman–Crippen MR) is 62.3 cm³/mol. The van der Waals surface area contributed by atoms with E-state index in [0.717, 1.165) is 5.56 Å². The highest BCUT2D eigenvalue weighted by molar-refractivity contribution is 7.91. The van der Waals surface area contributed by atoms with Crippen LogP contribution in [0.25, 0.3) is 0 Å². The SMILES string of the molecule is Nc1ccncc1C(N)C1CCS(=O)(=O)C1. The van der Waals surface area contributed by atoms with Gasteiger partial charge in [0.05, 0.1) is 11.5 Å². The van der Waals surface area contributed by atoms with Crippen LogP contribution in [0, 0.1) is 5.92 Å². The van der Waals surface area contributed by atoms with Crippen molar-refractivity contribution < 1.29 is 8.42 Å². The quantitative estimate of drug-likeness (QED) is 0.765. The Morgan fingerprint density at radius 3 is 2.81 bits per heavy atom. The molecule has 0 aromatic carbocycles. The van der Waals surface area contributed by atoms with Gasteiger partial charge in [-0.05, 0) is 18.4 Å². The first-order valence-corrected chi connectivity index (χ1v) is 6.97. The van der Waals surface area contributed by atoms with Gasteiger partial charge in [-0.25, -0.2) is 8.42 Å². The van der Waals surface area contributed by atoms with Crippen LogP contribution in [0.1, 0.15) is 18.0 Å². The molecule has 0 amide bonds. The Kier molecular flexibility index (Phi) is 2.86. The summed E-state index contributed by atoms with van der Waals surface area (Å²) in [6.45, 7) is 0. The highest BCUT2D eigenvalue weighted by atomic mass is 32.2. The Labute approximate surface area is 94.8 Å². The van der Waals surface area contributed by atoms with E-state index in [4.69, 9.17) is 11.5 Å². The number of nitrogen functional groups attached to an aromatic ring is 1. The molecule has 1 aliphatic rings. The summed E-state index contributed by atoms with van der Waals surface area (Å²) < 4.78 is 22.7. The summed E-state index contributed by atoms with van der Waals surface area (Å²) in [4.78, 5) is 3.96. The van der Waals surface area contributed by atoms with Gasteiger partial charge in [-0.15, -0.1) is 0 Å². The Morgan fingerprint density at radius 2 is 2.25 bits per heavy atom. The highest BCUT2D eigenvalue weighted by Gasteiger charge is 2.33. The molecule has 0 bridgehead atoms. The number of nitrogens with zero attached hydrogens (tertiary/aromatic N) is 1. The van der Waals surface area contributed by atoms with Crippen molar-refractivity contribution in [2.75, 3.05) is 17.2 Å². The average molecular weight is 241 g/mol. The van der Waals surface area contributed by atoms with Crippen LogP contribution in [0.4, 0.5) is 5.69 Å². The van der Waals surface area contributed by atoms with E-state index >= 15 is 0 Å². The van der Waals surface area contributed by atoms with E-state index < -0.39 is 9.84 Å². The van der Waals surface area contributed by atoms with Crippen molar-refractivity contribution in [1.82, 2.24) is 4.98 Å². The van der Waals surface area contributed by atoms with E-state index in [1.807, 2.05) is 0 Å². The fourth-order valence-corrected chi connectivity index (χ4v) is 3.91. The molecule has 1 aromatic heterocycles. The lowest BCUT2D eigenvalue weighted by Crippen LogP contribution is -2.23. The molecule has 4 N–H and O–H groups in total. The molecule has 6 heteroatoms. The maximum atomic E-state index is 11.4. The van der Waals surface area contributed by atoms with Gasteiger partial charge in [0, 0.05) is 29.7 Å². The van der Waals surface area contributed by atoms with Crippen molar-refractivity contribution >= 4 is 15.5 Å². The molecule has 1 aromatic rings. The second kappa shape index (κ2) is 4.03. The van der Waals surface area contributed by atoms with Crippen LogP contribution in [0.5, 0.6) is 0 Å². The largest absolute Gasteiger partial charge is 0.398 e. The minimum atomic E-state index is -2.90. The van der Waals surface area contributed by atoms with Crippen molar-refractivity contribution in [1.29, 1.82) is 0 Å². The van der Waals surface area contributed by atoms with E-state index in [-0.39, 0.29) is 23.5 Å². The summed E-state index contributed by atoms with van der Waals surface area (Å²) in [6.07, 6.45) is 3.82. The van der Waals surface area contributed by atoms with Gasteiger partial charge in [0.15, 0.2) is 9.84 Å². The smallest absolute Gasteiger partial charge is 0.150 e. The van der Waals surface area contributed by atoms with Crippen LogP contribution in [0.3, 0.4) is 0 Å². The molecule has 1 saturated heterocycles. The maximum Gasteiger partial charge on any atom is 0.150 e. The molecule has 2 atom stereocenters. The standard InChI is InChI=1S/C10H15N3O2S/c11-9-1-3-13-5-8(9)10(12)7-2-4-16(14,15)6-7/h1,3,5,7,10H,2,4,6,12H2,(H2,11,13). The number of hydrogen-bond donors (Lipinski definition) is 2. The Morgan fingerprint density at radius 1 is 1.50 bits per heavy atom. The minimum absolute atomic E-state index is 0.0449. The lowest BCUT2D eigenvalue weighted by molar-refractivity contribution is 0.480. The van der Waals surface area contributed by atoms with E-state index in [1.165, 1.54) is 0 Å². The molecule has 1 fully saturated rings. The van der Waals surface area contributed by atoms with Crippen LogP contribution in [0.2, 0.25) is 0 Å². The monoisotopic (exact) mass is 241 g/mol. The number of aromatic nitrogens is 1. The number of sulfone groups is 1. The summed E-state index contributed by atoms with van der Waals surface area (Å²) in [5, 5.41) is 0. The van der Waals surface area contributed by atoms with Crippen LogP contribution in [-0.2, 0) is 9.84 Å². The predicted octanol–water partition coefficient (Wildman–Crippen LogP) is 0.0983. The van der Waals surface area contributed by atoms with Gasteiger partial charge in [-0.3, -0.25) is 4.98 Å². The lowest BCUT2D eigenvalue weighted by Gasteiger charge is -2.19. The van der Waals surface area contributed by atoms with Crippen LogP contribution < -0.4 is 11.5 Å². The summed E-state index contributed by atoms with van der Waals surface area (Å²) >= 11 is 0. The van der Waals surface area contributed by atoms with E-state index in [2.05, 4.69) is 4.98 Å². The molecule has 0 saturated carbocycles. The number of rotatable bonds is 2. The first-order chi connectivity index (χ1) is 7.49. The Hall–Kier alpha value is -1.14. The molecule has 16 heavy (non-hydrogen) atoms. The third-order valence-electron chi connectivity index (χ3n) is 3.02. The molecule has 2 rings (SSSR count). The average Bonchev–Trinajstić information content (AvgIpc) is 2.59. The number of nitrogens with two attached hydrogens (primary N) is 2. The van der Waals surface area contributed by atoms with Gasteiger partial charge in [0.2, 0.25) is 0 Å². The number of pyridine rings is 1. The maximum absolute atomic E-state index is 11.4. The fraction of sp³-hybridized carbons (Fsp3) is 0.500. The van der Waals surface area contributed by atoms with Crippen molar-refractivity contribution in [2.45, 2.75) is 12.5 Å². The highest BCUT2D eigenvalue weighted by Crippen LogP contribution is 2.31. The van der Waals surface area contributed by atoms with Gasteiger partial charge in [0.25, 0.3) is 0 Å². The molecule has 0 aliphatic carbocycles. The van der Waals surface area contributed by atoms with Crippen molar-refractivity contribution in [2.24, 2.45) is 11.7 Å². The van der Waals surface area contributed by atoms with E-state index in [0.29, 0.717) is 12.1 Å². The molecule has 88 valence electrons. The zero-order chi connectivity index (χ0) is 11.8. The van der Waals surface area contributed by atoms with Crippen LogP contribution >= 0.6 is 0 Å². The second-order valence-corrected chi connectivity index (χ2v) is 6.42. The van der Waals surface area contributed by atoms with Crippen molar-refractivity contribution in [3.8, 4) is 0 Å². The number of anilines is 1. The molecule has 0 radical (unpaired) electrons. The Balaban J connectivity index is 2.21. The second-order valence-electron chi connectivity index (χ2n) is 4.19. The summed E-state index contributed by atoms with van der Waals surface area (Å²) in [5.74, 6) is 0.338. The van der Waals surface area contributed by atoms with Crippen LogP contribution in [-0.4, -0.2) is 24.9 Å². The first kappa shape index (κ1) is 11.3.